The van der Waals surface area contributed by atoms with Crippen LogP contribution < -0.4 is 5.32 Å². The first-order valence-corrected chi connectivity index (χ1v) is 10.2. The molecule has 27 heavy (non-hydrogen) atoms. The third-order valence-corrected chi connectivity index (χ3v) is 6.12. The van der Waals surface area contributed by atoms with E-state index in [4.69, 9.17) is 9.97 Å². The Bertz CT molecular complexity index is 1330. The van der Waals surface area contributed by atoms with Gasteiger partial charge >= 0.3 is 0 Å². The Morgan fingerprint density at radius 3 is 2.44 bits per heavy atom. The topological polar surface area (TPSA) is 54.9 Å². The van der Waals surface area contributed by atoms with E-state index in [1.807, 2.05) is 66.7 Å². The number of carbonyl (C=O) groups is 1. The maximum absolute atomic E-state index is 12.7. The van der Waals surface area contributed by atoms with Gasteiger partial charge in [0.15, 0.2) is 0 Å². The van der Waals surface area contributed by atoms with Crippen molar-refractivity contribution in [1.29, 1.82) is 0 Å². The van der Waals surface area contributed by atoms with Gasteiger partial charge in [-0.05, 0) is 77.2 Å². The van der Waals surface area contributed by atoms with Crippen LogP contribution in [-0.4, -0.2) is 15.9 Å². The highest BCUT2D eigenvalue weighted by Gasteiger charge is 2.13. The average molecular weight is 481 g/mol. The minimum absolute atomic E-state index is 0.133. The predicted octanol–water partition coefficient (Wildman–Crippen LogP) is 5.85. The number of thiophene rings is 1. The zero-order valence-corrected chi connectivity index (χ0v) is 16.9. The minimum atomic E-state index is -0.133. The molecule has 2 heterocycles. The highest BCUT2D eigenvalue weighted by Crippen LogP contribution is 2.33. The first kappa shape index (κ1) is 16.6. The second kappa shape index (κ2) is 6.54. The number of carbonyl (C=O) groups excluding carboxylic acids is 1. The number of fused-ring (bicyclic) bond motifs is 4. The van der Waals surface area contributed by atoms with Crippen LogP contribution in [0.2, 0.25) is 0 Å². The molecule has 5 aromatic rings. The number of aromatic nitrogens is 2. The van der Waals surface area contributed by atoms with Gasteiger partial charge in [-0.25, -0.2) is 9.97 Å². The number of para-hydroxylation sites is 2. The molecule has 0 atom stereocenters. The van der Waals surface area contributed by atoms with E-state index < -0.39 is 0 Å². The fraction of sp³-hybridized carbons (Fsp3) is 0. The van der Waals surface area contributed by atoms with E-state index in [1.165, 1.54) is 0 Å². The van der Waals surface area contributed by atoms with Crippen molar-refractivity contribution in [3.8, 4) is 0 Å². The molecule has 1 amide bonds. The molecule has 0 spiro atoms. The minimum Gasteiger partial charge on any atom is -0.322 e. The van der Waals surface area contributed by atoms with Crippen molar-refractivity contribution in [3.05, 3.63) is 75.9 Å². The van der Waals surface area contributed by atoms with Crippen LogP contribution in [0.15, 0.2) is 66.7 Å². The molecule has 130 valence electrons. The summed E-state index contributed by atoms with van der Waals surface area (Å²) >= 11 is 3.84. The van der Waals surface area contributed by atoms with Crippen molar-refractivity contribution in [2.75, 3.05) is 5.32 Å². The third-order valence-electron chi connectivity index (χ3n) is 4.34. The summed E-state index contributed by atoms with van der Waals surface area (Å²) in [6.45, 7) is 0. The molecule has 0 saturated carbocycles. The van der Waals surface area contributed by atoms with Gasteiger partial charge in [-0.1, -0.05) is 12.1 Å². The number of rotatable bonds is 2. The predicted molar refractivity (Wildman–Crippen MR) is 120 cm³/mol. The molecule has 4 nitrogen and oxygen atoms in total. The number of amides is 1. The average Bonchev–Trinajstić information content (AvgIpc) is 3.04. The number of nitrogens with zero attached hydrogens (tertiary/aromatic N) is 2. The molecule has 0 radical (unpaired) electrons. The molecule has 0 unspecified atom stereocenters. The van der Waals surface area contributed by atoms with E-state index in [1.54, 1.807) is 11.3 Å². The Labute approximate surface area is 172 Å². The van der Waals surface area contributed by atoms with Gasteiger partial charge in [0.1, 0.15) is 10.3 Å². The van der Waals surface area contributed by atoms with Crippen LogP contribution in [-0.2, 0) is 0 Å². The van der Waals surface area contributed by atoms with Crippen molar-refractivity contribution in [3.63, 3.8) is 0 Å². The second-order valence-corrected chi connectivity index (χ2v) is 8.42. The molecule has 0 fully saturated rings. The van der Waals surface area contributed by atoms with Gasteiger partial charge in [-0.15, -0.1) is 11.3 Å². The lowest BCUT2D eigenvalue weighted by Crippen LogP contribution is -2.11. The van der Waals surface area contributed by atoms with Crippen LogP contribution in [0.5, 0.6) is 0 Å². The van der Waals surface area contributed by atoms with Gasteiger partial charge in [-0.3, -0.25) is 4.79 Å². The lowest BCUT2D eigenvalue weighted by atomic mass is 10.1. The summed E-state index contributed by atoms with van der Waals surface area (Å²) in [6.07, 6.45) is 0. The van der Waals surface area contributed by atoms with Crippen LogP contribution in [0.1, 0.15) is 10.4 Å². The normalized spacial score (nSPS) is 11.3. The maximum atomic E-state index is 12.7. The Morgan fingerprint density at radius 2 is 1.67 bits per heavy atom. The highest BCUT2D eigenvalue weighted by atomic mass is 127. The molecule has 0 aliphatic rings. The van der Waals surface area contributed by atoms with Crippen molar-refractivity contribution >= 4 is 77.0 Å². The van der Waals surface area contributed by atoms with Crippen LogP contribution in [0.3, 0.4) is 0 Å². The number of benzene rings is 3. The fourth-order valence-electron chi connectivity index (χ4n) is 3.02. The van der Waals surface area contributed by atoms with Crippen molar-refractivity contribution in [2.24, 2.45) is 0 Å². The van der Waals surface area contributed by atoms with Crippen LogP contribution >= 0.6 is 33.9 Å². The number of hydrogen-bond acceptors (Lipinski definition) is 4. The zero-order valence-electron chi connectivity index (χ0n) is 13.9. The lowest BCUT2D eigenvalue weighted by molar-refractivity contribution is 0.102. The smallest absolute Gasteiger partial charge is 0.255 e. The van der Waals surface area contributed by atoms with Gasteiger partial charge in [0.25, 0.3) is 5.91 Å². The van der Waals surface area contributed by atoms with E-state index in [0.29, 0.717) is 5.56 Å². The van der Waals surface area contributed by atoms with Crippen molar-refractivity contribution in [2.45, 2.75) is 0 Å². The van der Waals surface area contributed by atoms with Crippen molar-refractivity contribution in [1.82, 2.24) is 9.97 Å². The first-order chi connectivity index (χ1) is 13.2. The second-order valence-electron chi connectivity index (χ2n) is 6.14. The Morgan fingerprint density at radius 1 is 0.926 bits per heavy atom. The number of nitrogens with one attached hydrogen (secondary N) is 1. The van der Waals surface area contributed by atoms with E-state index in [0.717, 1.165) is 40.7 Å². The van der Waals surface area contributed by atoms with Gasteiger partial charge < -0.3 is 5.32 Å². The quantitative estimate of drug-likeness (QED) is 0.322. The van der Waals surface area contributed by atoms with Gasteiger partial charge in [0, 0.05) is 24.9 Å². The maximum Gasteiger partial charge on any atom is 0.255 e. The first-order valence-electron chi connectivity index (χ1n) is 8.33. The highest BCUT2D eigenvalue weighted by molar-refractivity contribution is 14.1. The van der Waals surface area contributed by atoms with E-state index >= 15 is 0 Å². The van der Waals surface area contributed by atoms with Gasteiger partial charge in [0.2, 0.25) is 0 Å². The summed E-state index contributed by atoms with van der Waals surface area (Å²) in [4.78, 5) is 23.1. The van der Waals surface area contributed by atoms with E-state index in [9.17, 15) is 4.79 Å². The summed E-state index contributed by atoms with van der Waals surface area (Å²) in [6, 6.07) is 21.3. The standard InChI is InChI=1S/C21H12IN3OS/c22-13-6-8-14(9-7-13)23-20(26)12-5-10-18-15(11-12)19-21(27-18)25-17-4-2-1-3-16(17)24-19/h1-11H,(H,23,26). The summed E-state index contributed by atoms with van der Waals surface area (Å²) in [7, 11) is 0. The monoisotopic (exact) mass is 481 g/mol. The largest absolute Gasteiger partial charge is 0.322 e. The molecule has 0 bridgehead atoms. The van der Waals surface area contributed by atoms with E-state index in [2.05, 4.69) is 27.9 Å². The number of anilines is 1. The molecule has 5 rings (SSSR count). The van der Waals surface area contributed by atoms with Gasteiger partial charge in [0.05, 0.1) is 11.0 Å². The summed E-state index contributed by atoms with van der Waals surface area (Å²) in [5, 5.41) is 3.91. The molecule has 2 aromatic heterocycles. The van der Waals surface area contributed by atoms with Crippen LogP contribution in [0.25, 0.3) is 31.5 Å². The van der Waals surface area contributed by atoms with Crippen molar-refractivity contribution < 1.29 is 4.79 Å². The molecule has 6 heteroatoms. The molecule has 3 aromatic carbocycles. The third kappa shape index (κ3) is 3.04. The number of halogens is 1. The summed E-state index contributed by atoms with van der Waals surface area (Å²) in [5.74, 6) is -0.133. The summed E-state index contributed by atoms with van der Waals surface area (Å²) in [5.41, 5.74) is 3.97. The van der Waals surface area contributed by atoms with Crippen LogP contribution in [0.4, 0.5) is 5.69 Å². The van der Waals surface area contributed by atoms with Gasteiger partial charge in [-0.2, -0.15) is 0 Å². The molecule has 0 saturated heterocycles. The van der Waals surface area contributed by atoms with E-state index in [-0.39, 0.29) is 5.91 Å². The lowest BCUT2D eigenvalue weighted by Gasteiger charge is -2.05. The summed E-state index contributed by atoms with van der Waals surface area (Å²) < 4.78 is 2.20. The Balaban J connectivity index is 1.59. The fourth-order valence-corrected chi connectivity index (χ4v) is 4.38. The molecule has 1 N–H and O–H groups in total. The van der Waals surface area contributed by atoms with Crippen LogP contribution in [0, 0.1) is 3.57 Å². The number of hydrogen-bond donors (Lipinski definition) is 1. The molecule has 0 aliphatic heterocycles. The SMILES string of the molecule is O=C(Nc1ccc(I)cc1)c1ccc2sc3nc4ccccc4nc3c2c1. The molecular weight excluding hydrogens is 469 g/mol. The molecule has 0 aliphatic carbocycles. The Kier molecular flexibility index (Phi) is 4.02. The molecular formula is C21H12IN3OS. The Hall–Kier alpha value is -2.58. The zero-order chi connectivity index (χ0) is 18.4.